The van der Waals surface area contributed by atoms with Crippen LogP contribution in [0.5, 0.6) is 0 Å². The van der Waals surface area contributed by atoms with Crippen molar-refractivity contribution in [1.29, 1.82) is 0 Å². The molecule has 0 spiro atoms. The lowest BCUT2D eigenvalue weighted by Crippen LogP contribution is -2.68. The smallest absolute Gasteiger partial charge is 0.249 e. The highest BCUT2D eigenvalue weighted by atomic mass is 32.2. The summed E-state index contributed by atoms with van der Waals surface area (Å²) in [6.45, 7) is 2.16. The molecule has 0 aromatic rings. The molecule has 94 valence electrons. The SMILES string of the molecule is CC1(C2CC2)NC(=O)CN(C2CCSC2)C1=O. The second kappa shape index (κ2) is 3.90. The van der Waals surface area contributed by atoms with Crippen LogP contribution in [0.3, 0.4) is 0 Å². The van der Waals surface area contributed by atoms with Gasteiger partial charge in [0.15, 0.2) is 0 Å². The van der Waals surface area contributed by atoms with E-state index in [9.17, 15) is 9.59 Å². The normalized spacial score (nSPS) is 38.4. The summed E-state index contributed by atoms with van der Waals surface area (Å²) >= 11 is 1.88. The van der Waals surface area contributed by atoms with Crippen molar-refractivity contribution in [3.8, 4) is 0 Å². The van der Waals surface area contributed by atoms with Crippen LogP contribution in [0.2, 0.25) is 0 Å². The first-order valence-electron chi connectivity index (χ1n) is 6.31. The molecule has 1 saturated carbocycles. The molecular weight excluding hydrogens is 236 g/mol. The van der Waals surface area contributed by atoms with Gasteiger partial charge in [-0.2, -0.15) is 11.8 Å². The summed E-state index contributed by atoms with van der Waals surface area (Å²) in [5, 5.41) is 2.92. The van der Waals surface area contributed by atoms with Gasteiger partial charge in [0, 0.05) is 11.8 Å². The zero-order valence-corrected chi connectivity index (χ0v) is 10.9. The molecule has 2 amide bonds. The predicted octanol–water partition coefficient (Wildman–Crippen LogP) is 0.619. The molecule has 2 unspecified atom stereocenters. The van der Waals surface area contributed by atoms with Gasteiger partial charge in [-0.3, -0.25) is 9.59 Å². The van der Waals surface area contributed by atoms with Crippen LogP contribution in [0.1, 0.15) is 26.2 Å². The summed E-state index contributed by atoms with van der Waals surface area (Å²) in [6.07, 6.45) is 3.16. The van der Waals surface area contributed by atoms with Crippen LogP contribution in [-0.4, -0.2) is 46.3 Å². The monoisotopic (exact) mass is 254 g/mol. The number of amides is 2. The second-order valence-electron chi connectivity index (χ2n) is 5.48. The van der Waals surface area contributed by atoms with Crippen LogP contribution < -0.4 is 5.32 Å². The third-order valence-electron chi connectivity index (χ3n) is 4.16. The largest absolute Gasteiger partial charge is 0.340 e. The maximum absolute atomic E-state index is 12.6. The number of nitrogens with zero attached hydrogens (tertiary/aromatic N) is 1. The average molecular weight is 254 g/mol. The molecule has 0 aromatic carbocycles. The van der Waals surface area contributed by atoms with Gasteiger partial charge in [-0.25, -0.2) is 0 Å². The van der Waals surface area contributed by atoms with E-state index in [1.165, 1.54) is 0 Å². The number of nitrogens with one attached hydrogen (secondary N) is 1. The highest BCUT2D eigenvalue weighted by Gasteiger charge is 2.53. The van der Waals surface area contributed by atoms with Crippen LogP contribution in [-0.2, 0) is 9.59 Å². The van der Waals surface area contributed by atoms with Crippen molar-refractivity contribution < 1.29 is 9.59 Å². The highest BCUT2D eigenvalue weighted by molar-refractivity contribution is 7.99. The Morgan fingerprint density at radius 3 is 2.71 bits per heavy atom. The molecule has 1 aliphatic carbocycles. The number of carbonyl (C=O) groups excluding carboxylic acids is 2. The number of hydrogen-bond acceptors (Lipinski definition) is 3. The Balaban J connectivity index is 1.83. The van der Waals surface area contributed by atoms with E-state index in [0.29, 0.717) is 5.92 Å². The van der Waals surface area contributed by atoms with E-state index in [1.54, 1.807) is 0 Å². The van der Waals surface area contributed by atoms with E-state index >= 15 is 0 Å². The first kappa shape index (κ1) is 11.4. The van der Waals surface area contributed by atoms with Crippen LogP contribution in [0.4, 0.5) is 0 Å². The molecule has 0 bridgehead atoms. The minimum Gasteiger partial charge on any atom is -0.340 e. The highest BCUT2D eigenvalue weighted by Crippen LogP contribution is 2.42. The summed E-state index contributed by atoms with van der Waals surface area (Å²) in [7, 11) is 0. The maximum Gasteiger partial charge on any atom is 0.249 e. The topological polar surface area (TPSA) is 49.4 Å². The molecule has 1 N–H and O–H groups in total. The van der Waals surface area contributed by atoms with Gasteiger partial charge >= 0.3 is 0 Å². The molecule has 2 heterocycles. The number of carbonyl (C=O) groups is 2. The van der Waals surface area contributed by atoms with Crippen molar-refractivity contribution in [2.75, 3.05) is 18.1 Å². The van der Waals surface area contributed by atoms with E-state index in [2.05, 4.69) is 5.32 Å². The Labute approximate surface area is 105 Å². The minimum atomic E-state index is -0.622. The molecule has 3 fully saturated rings. The molecule has 2 saturated heterocycles. The number of rotatable bonds is 2. The van der Waals surface area contributed by atoms with Gasteiger partial charge in [0.2, 0.25) is 11.8 Å². The number of thioether (sulfide) groups is 1. The van der Waals surface area contributed by atoms with E-state index < -0.39 is 5.54 Å². The van der Waals surface area contributed by atoms with Gasteiger partial charge < -0.3 is 10.2 Å². The van der Waals surface area contributed by atoms with Crippen molar-refractivity contribution in [2.45, 2.75) is 37.8 Å². The molecule has 5 heteroatoms. The molecule has 4 nitrogen and oxygen atoms in total. The Hall–Kier alpha value is -0.710. The summed E-state index contributed by atoms with van der Waals surface area (Å²) in [5.74, 6) is 2.61. The maximum atomic E-state index is 12.6. The lowest BCUT2D eigenvalue weighted by Gasteiger charge is -2.42. The third kappa shape index (κ3) is 1.84. The summed E-state index contributed by atoms with van der Waals surface area (Å²) in [6, 6.07) is 0.275. The fourth-order valence-electron chi connectivity index (χ4n) is 2.91. The molecular formula is C12H18N2O2S. The quantitative estimate of drug-likeness (QED) is 0.786. The zero-order valence-electron chi connectivity index (χ0n) is 10.1. The number of piperazine rings is 1. The molecule has 2 aliphatic heterocycles. The molecule has 17 heavy (non-hydrogen) atoms. The van der Waals surface area contributed by atoms with Crippen LogP contribution >= 0.6 is 11.8 Å². The van der Waals surface area contributed by atoms with Crippen molar-refractivity contribution >= 4 is 23.6 Å². The summed E-state index contributed by atoms with van der Waals surface area (Å²) < 4.78 is 0. The van der Waals surface area contributed by atoms with Crippen molar-refractivity contribution in [3.63, 3.8) is 0 Å². The lowest BCUT2D eigenvalue weighted by atomic mass is 9.90. The van der Waals surface area contributed by atoms with Gasteiger partial charge in [0.1, 0.15) is 5.54 Å². The van der Waals surface area contributed by atoms with Crippen LogP contribution in [0.15, 0.2) is 0 Å². The fraction of sp³-hybridized carbons (Fsp3) is 0.833. The van der Waals surface area contributed by atoms with Crippen molar-refractivity contribution in [2.24, 2.45) is 5.92 Å². The lowest BCUT2D eigenvalue weighted by molar-refractivity contribution is -0.152. The predicted molar refractivity (Wildman–Crippen MR) is 66.7 cm³/mol. The van der Waals surface area contributed by atoms with E-state index in [0.717, 1.165) is 30.8 Å². The van der Waals surface area contributed by atoms with Crippen molar-refractivity contribution in [3.05, 3.63) is 0 Å². The standard InChI is InChI=1S/C12H18N2O2S/c1-12(8-2-3-8)11(16)14(6-10(15)13-12)9-4-5-17-7-9/h8-9H,2-7H2,1H3,(H,13,15). The Morgan fingerprint density at radius 1 is 1.35 bits per heavy atom. The van der Waals surface area contributed by atoms with Gasteiger partial charge in [-0.1, -0.05) is 0 Å². The Bertz CT molecular complexity index is 364. The first-order valence-corrected chi connectivity index (χ1v) is 7.46. The van der Waals surface area contributed by atoms with Gasteiger partial charge in [-0.05, 0) is 37.9 Å². The van der Waals surface area contributed by atoms with Crippen LogP contribution in [0, 0.1) is 5.92 Å². The van der Waals surface area contributed by atoms with Gasteiger partial charge in [0.05, 0.1) is 6.54 Å². The Morgan fingerprint density at radius 2 is 2.12 bits per heavy atom. The second-order valence-corrected chi connectivity index (χ2v) is 6.63. The summed E-state index contributed by atoms with van der Waals surface area (Å²) in [4.78, 5) is 26.2. The molecule has 0 aromatic heterocycles. The zero-order chi connectivity index (χ0) is 12.0. The third-order valence-corrected chi connectivity index (χ3v) is 5.30. The first-order chi connectivity index (χ1) is 8.11. The van der Waals surface area contributed by atoms with Gasteiger partial charge in [-0.15, -0.1) is 0 Å². The minimum absolute atomic E-state index is 0.0101. The van der Waals surface area contributed by atoms with E-state index in [4.69, 9.17) is 0 Å². The van der Waals surface area contributed by atoms with E-state index in [1.807, 2.05) is 23.6 Å². The molecule has 2 atom stereocenters. The van der Waals surface area contributed by atoms with E-state index in [-0.39, 0.29) is 24.4 Å². The molecule has 3 aliphatic rings. The Kier molecular flexibility index (Phi) is 2.61. The number of hydrogen-bond donors (Lipinski definition) is 1. The van der Waals surface area contributed by atoms with Gasteiger partial charge in [0.25, 0.3) is 0 Å². The summed E-state index contributed by atoms with van der Waals surface area (Å²) in [5.41, 5.74) is -0.622. The molecule has 0 radical (unpaired) electrons. The average Bonchev–Trinajstić information content (AvgIpc) is 3.01. The molecule has 3 rings (SSSR count). The van der Waals surface area contributed by atoms with Crippen LogP contribution in [0.25, 0.3) is 0 Å². The van der Waals surface area contributed by atoms with Crippen molar-refractivity contribution in [1.82, 2.24) is 10.2 Å². The fourth-order valence-corrected chi connectivity index (χ4v) is 4.13.